The molecule has 0 heterocycles. The lowest BCUT2D eigenvalue weighted by atomic mass is 10.1. The van der Waals surface area contributed by atoms with Gasteiger partial charge in [0.2, 0.25) is 0 Å². The number of nitrogens with zero attached hydrogens (tertiary/aromatic N) is 2. The van der Waals surface area contributed by atoms with Gasteiger partial charge >= 0.3 is 0 Å². The van der Waals surface area contributed by atoms with Gasteiger partial charge in [0.05, 0.1) is 0 Å². The van der Waals surface area contributed by atoms with Gasteiger partial charge in [-0.15, -0.1) is 0 Å². The summed E-state index contributed by atoms with van der Waals surface area (Å²) in [5, 5.41) is 9.96. The Morgan fingerprint density at radius 2 is 1.71 bits per heavy atom. The highest BCUT2D eigenvalue weighted by Gasteiger charge is 2.08. The molecule has 3 N–H and O–H groups in total. The van der Waals surface area contributed by atoms with Gasteiger partial charge in [-0.3, -0.25) is 9.79 Å². The first-order valence-corrected chi connectivity index (χ1v) is 8.23. The first-order chi connectivity index (χ1) is 11.2. The molecule has 0 aromatic heterocycles. The minimum atomic E-state index is 0.0123. The average Bonchev–Trinajstić information content (AvgIpc) is 2.53. The molecule has 1 aromatic carbocycles. The van der Waals surface area contributed by atoms with Gasteiger partial charge in [0, 0.05) is 51.9 Å². The smallest absolute Gasteiger partial charge is 0.253 e. The van der Waals surface area contributed by atoms with Gasteiger partial charge in [-0.1, -0.05) is 12.1 Å². The van der Waals surface area contributed by atoms with Crippen molar-refractivity contribution in [1.29, 1.82) is 0 Å². The lowest BCUT2D eigenvalue weighted by Gasteiger charge is -2.21. The monoisotopic (exact) mass is 333 g/mol. The van der Waals surface area contributed by atoms with Gasteiger partial charge in [0.1, 0.15) is 0 Å². The van der Waals surface area contributed by atoms with Crippen molar-refractivity contribution in [3.63, 3.8) is 0 Å². The van der Waals surface area contributed by atoms with E-state index in [2.05, 4.69) is 41.7 Å². The molecular formula is C18H31N5O. The minimum absolute atomic E-state index is 0.0123. The number of hydrogen-bond donors (Lipinski definition) is 3. The van der Waals surface area contributed by atoms with Crippen LogP contribution in [-0.4, -0.2) is 56.5 Å². The number of carbonyl (C=O) groups excluding carboxylic acids is 1. The van der Waals surface area contributed by atoms with Crippen molar-refractivity contribution in [3.05, 3.63) is 35.4 Å². The Morgan fingerprint density at radius 3 is 2.21 bits per heavy atom. The third kappa shape index (κ3) is 7.46. The largest absolute Gasteiger partial charge is 0.355 e. The summed E-state index contributed by atoms with van der Waals surface area (Å²) in [4.78, 5) is 17.6. The summed E-state index contributed by atoms with van der Waals surface area (Å²) >= 11 is 0. The molecule has 1 rings (SSSR count). The average molecular weight is 333 g/mol. The lowest BCUT2D eigenvalue weighted by molar-refractivity contribution is 0.0827. The van der Waals surface area contributed by atoms with Gasteiger partial charge in [-0.25, -0.2) is 0 Å². The Hall–Kier alpha value is -2.08. The molecule has 0 aliphatic heterocycles. The SMILES string of the molecule is CN=C(NCCNC(C)(C)C)NCc1ccc(C(=O)N(C)C)cc1. The van der Waals surface area contributed by atoms with Crippen LogP contribution in [0, 0.1) is 0 Å². The van der Waals surface area contributed by atoms with E-state index in [1.165, 1.54) is 0 Å². The number of aliphatic imine (C=N–C) groups is 1. The fourth-order valence-electron chi connectivity index (χ4n) is 2.05. The number of rotatable bonds is 6. The molecule has 1 amide bonds. The van der Waals surface area contributed by atoms with E-state index < -0.39 is 0 Å². The van der Waals surface area contributed by atoms with Crippen molar-refractivity contribution in [2.75, 3.05) is 34.2 Å². The van der Waals surface area contributed by atoms with Crippen molar-refractivity contribution in [2.24, 2.45) is 4.99 Å². The van der Waals surface area contributed by atoms with Gasteiger partial charge < -0.3 is 20.9 Å². The predicted molar refractivity (Wildman–Crippen MR) is 100 cm³/mol. The van der Waals surface area contributed by atoms with Crippen LogP contribution in [0.2, 0.25) is 0 Å². The van der Waals surface area contributed by atoms with Crippen molar-refractivity contribution in [3.8, 4) is 0 Å². The molecular weight excluding hydrogens is 302 g/mol. The minimum Gasteiger partial charge on any atom is -0.355 e. The van der Waals surface area contributed by atoms with Crippen LogP contribution in [0.3, 0.4) is 0 Å². The molecule has 0 fully saturated rings. The number of hydrogen-bond acceptors (Lipinski definition) is 3. The fraction of sp³-hybridized carbons (Fsp3) is 0.556. The lowest BCUT2D eigenvalue weighted by Crippen LogP contribution is -2.44. The summed E-state index contributed by atoms with van der Waals surface area (Å²) in [6.45, 7) is 8.75. The van der Waals surface area contributed by atoms with Gasteiger partial charge in [-0.2, -0.15) is 0 Å². The van der Waals surface area contributed by atoms with Crippen molar-refractivity contribution in [1.82, 2.24) is 20.9 Å². The second-order valence-electron chi connectivity index (χ2n) is 6.93. The summed E-state index contributed by atoms with van der Waals surface area (Å²) in [7, 11) is 5.26. The van der Waals surface area contributed by atoms with Crippen LogP contribution >= 0.6 is 0 Å². The highest BCUT2D eigenvalue weighted by atomic mass is 16.2. The summed E-state index contributed by atoms with van der Waals surface area (Å²) in [5.41, 5.74) is 1.91. The van der Waals surface area contributed by atoms with Gasteiger partial charge in [0.25, 0.3) is 5.91 Å². The van der Waals surface area contributed by atoms with Crippen LogP contribution in [0.1, 0.15) is 36.7 Å². The normalized spacial score (nSPS) is 12.0. The molecule has 0 spiro atoms. The first kappa shape index (κ1) is 20.0. The Labute approximate surface area is 145 Å². The molecule has 0 unspecified atom stereocenters. The molecule has 1 aromatic rings. The van der Waals surface area contributed by atoms with Gasteiger partial charge in [-0.05, 0) is 38.5 Å². The summed E-state index contributed by atoms with van der Waals surface area (Å²) in [6.07, 6.45) is 0. The number of amides is 1. The van der Waals surface area contributed by atoms with E-state index in [4.69, 9.17) is 0 Å². The maximum absolute atomic E-state index is 11.9. The van der Waals surface area contributed by atoms with Crippen LogP contribution in [0.5, 0.6) is 0 Å². The fourth-order valence-corrected chi connectivity index (χ4v) is 2.05. The molecule has 24 heavy (non-hydrogen) atoms. The molecule has 0 saturated heterocycles. The van der Waals surface area contributed by atoms with Crippen LogP contribution in [0.25, 0.3) is 0 Å². The Balaban J connectivity index is 2.42. The zero-order valence-electron chi connectivity index (χ0n) is 15.7. The van der Waals surface area contributed by atoms with Crippen molar-refractivity contribution in [2.45, 2.75) is 32.9 Å². The van der Waals surface area contributed by atoms with Crippen molar-refractivity contribution >= 4 is 11.9 Å². The molecule has 6 nitrogen and oxygen atoms in total. The van der Waals surface area contributed by atoms with Crippen LogP contribution in [0.15, 0.2) is 29.3 Å². The predicted octanol–water partition coefficient (Wildman–Crippen LogP) is 1.44. The van der Waals surface area contributed by atoms with Crippen LogP contribution < -0.4 is 16.0 Å². The van der Waals surface area contributed by atoms with E-state index in [0.717, 1.165) is 24.6 Å². The van der Waals surface area contributed by atoms with Crippen LogP contribution in [0.4, 0.5) is 0 Å². The third-order valence-corrected chi connectivity index (χ3v) is 3.36. The second-order valence-corrected chi connectivity index (χ2v) is 6.93. The molecule has 0 saturated carbocycles. The molecule has 0 atom stereocenters. The Morgan fingerprint density at radius 1 is 1.08 bits per heavy atom. The molecule has 0 bridgehead atoms. The molecule has 0 aliphatic carbocycles. The van der Waals surface area contributed by atoms with Gasteiger partial charge in [0.15, 0.2) is 5.96 Å². The quantitative estimate of drug-likeness (QED) is 0.419. The Bertz CT molecular complexity index is 544. The zero-order chi connectivity index (χ0) is 18.2. The molecule has 6 heteroatoms. The summed E-state index contributed by atoms with van der Waals surface area (Å²) < 4.78 is 0. The third-order valence-electron chi connectivity index (χ3n) is 3.36. The van der Waals surface area contributed by atoms with E-state index in [9.17, 15) is 4.79 Å². The van der Waals surface area contributed by atoms with Crippen LogP contribution in [-0.2, 0) is 6.54 Å². The summed E-state index contributed by atoms with van der Waals surface area (Å²) in [5.74, 6) is 0.775. The topological polar surface area (TPSA) is 68.8 Å². The standard InChI is InChI=1S/C18H31N5O/c1-18(2,3)22-12-11-20-17(19-4)21-13-14-7-9-15(10-8-14)16(24)23(5)6/h7-10,22H,11-13H2,1-6H3,(H2,19,20,21). The highest BCUT2D eigenvalue weighted by Crippen LogP contribution is 2.06. The second kappa shape index (κ2) is 9.27. The van der Waals surface area contributed by atoms with E-state index >= 15 is 0 Å². The highest BCUT2D eigenvalue weighted by molar-refractivity contribution is 5.93. The Kier molecular flexibility index (Phi) is 7.71. The van der Waals surface area contributed by atoms with Crippen molar-refractivity contribution < 1.29 is 4.79 Å². The number of guanidine groups is 1. The maximum Gasteiger partial charge on any atom is 0.253 e. The molecule has 0 radical (unpaired) electrons. The van der Waals surface area contributed by atoms with E-state index in [1.54, 1.807) is 26.0 Å². The number of nitrogens with one attached hydrogen (secondary N) is 3. The number of benzene rings is 1. The van der Waals surface area contributed by atoms with E-state index in [1.807, 2.05) is 24.3 Å². The van der Waals surface area contributed by atoms with E-state index in [-0.39, 0.29) is 11.4 Å². The zero-order valence-corrected chi connectivity index (χ0v) is 15.7. The van der Waals surface area contributed by atoms with E-state index in [0.29, 0.717) is 12.1 Å². The summed E-state index contributed by atoms with van der Waals surface area (Å²) in [6, 6.07) is 7.61. The molecule has 134 valence electrons. The molecule has 0 aliphatic rings. The number of carbonyl (C=O) groups is 1. The maximum atomic E-state index is 11.9. The first-order valence-electron chi connectivity index (χ1n) is 8.23.